The van der Waals surface area contributed by atoms with E-state index in [-0.39, 0.29) is 24.2 Å². The highest BCUT2D eigenvalue weighted by molar-refractivity contribution is 7.08. The van der Waals surface area contributed by atoms with Crippen LogP contribution in [0.15, 0.2) is 89.8 Å². The van der Waals surface area contributed by atoms with Crippen molar-refractivity contribution in [2.45, 2.75) is 38.6 Å². The first-order valence-electron chi connectivity index (χ1n) is 14.4. The van der Waals surface area contributed by atoms with Crippen molar-refractivity contribution < 1.29 is 24.9 Å². The molecule has 0 spiro atoms. The van der Waals surface area contributed by atoms with Gasteiger partial charge in [0.05, 0.1) is 6.61 Å². The molecule has 38 heavy (non-hydrogen) atoms. The van der Waals surface area contributed by atoms with Crippen LogP contribution in [0.25, 0.3) is 11.1 Å². The number of rotatable bonds is 14. The van der Waals surface area contributed by atoms with Gasteiger partial charge in [-0.05, 0) is 71.5 Å². The van der Waals surface area contributed by atoms with Crippen LogP contribution in [0, 0.1) is 0 Å². The molecular formula is C31H32N2O4S. The molecule has 0 bridgehead atoms. The molecule has 0 aliphatic heterocycles. The molecule has 2 heterocycles. The van der Waals surface area contributed by atoms with Crippen LogP contribution < -0.4 is 4.74 Å². The Labute approximate surface area is 233 Å². The number of aliphatic carboxylic acids is 1. The molecule has 0 saturated heterocycles. The molecule has 4 aromatic rings. The summed E-state index contributed by atoms with van der Waals surface area (Å²) in [7, 11) is 0. The number of carbonyl (C=O) groups is 2. The molecule has 0 unspecified atom stereocenters. The number of aryl methyl sites for hydroxylation is 1. The van der Waals surface area contributed by atoms with Crippen LogP contribution >= 0.6 is 11.3 Å². The van der Waals surface area contributed by atoms with Crippen LogP contribution in [-0.4, -0.2) is 40.0 Å². The van der Waals surface area contributed by atoms with Crippen molar-refractivity contribution in [3.63, 3.8) is 0 Å². The number of para-hydroxylation sites is 1. The zero-order valence-electron chi connectivity index (χ0n) is 24.9. The second-order valence-electron chi connectivity index (χ2n) is 8.56. The molecule has 0 saturated carbocycles. The standard InChI is InChI=1S/C31H32N2O4S/c34-30(35)15-2-1-9-20-37-29-14-6-3-10-24(29)22-33(19-16-26-11-7-8-18-32-26)31(36)28-13-5-4-12-27(28)25-17-21-38-23-25/h3-8,10-14,17-18,21,23H,1-2,9,15-16,19-20,22H2,(H,34,35)/i16D2,19D2. The van der Waals surface area contributed by atoms with Gasteiger partial charge in [-0.1, -0.05) is 42.5 Å². The van der Waals surface area contributed by atoms with Crippen LogP contribution in [-0.2, 0) is 17.7 Å². The fourth-order valence-electron chi connectivity index (χ4n) is 3.89. The first-order valence-corrected chi connectivity index (χ1v) is 13.3. The maximum atomic E-state index is 14.3. The number of unbranched alkanes of at least 4 members (excludes halogenated alkanes) is 2. The largest absolute Gasteiger partial charge is 0.493 e. The molecule has 1 amide bonds. The van der Waals surface area contributed by atoms with E-state index in [0.717, 1.165) is 10.5 Å². The maximum absolute atomic E-state index is 14.3. The Morgan fingerprint density at radius 2 is 1.79 bits per heavy atom. The molecule has 1 N–H and O–H groups in total. The van der Waals surface area contributed by atoms with E-state index >= 15 is 0 Å². The lowest BCUT2D eigenvalue weighted by Gasteiger charge is -2.25. The highest BCUT2D eigenvalue weighted by Gasteiger charge is 2.21. The van der Waals surface area contributed by atoms with E-state index in [1.165, 1.54) is 23.6 Å². The van der Waals surface area contributed by atoms with E-state index in [1.807, 2.05) is 16.8 Å². The number of hydrogen-bond donors (Lipinski definition) is 1. The molecular weight excluding hydrogens is 496 g/mol. The quantitative estimate of drug-likeness (QED) is 0.182. The minimum Gasteiger partial charge on any atom is -0.493 e. The molecule has 0 atom stereocenters. The number of carboxylic acids is 1. The summed E-state index contributed by atoms with van der Waals surface area (Å²) in [5.74, 6) is -1.08. The summed E-state index contributed by atoms with van der Waals surface area (Å²) in [5, 5.41) is 12.6. The summed E-state index contributed by atoms with van der Waals surface area (Å²) < 4.78 is 41.8. The summed E-state index contributed by atoms with van der Waals surface area (Å²) in [6, 6.07) is 20.3. The van der Waals surface area contributed by atoms with Crippen molar-refractivity contribution in [2.75, 3.05) is 13.1 Å². The Bertz CT molecular complexity index is 1480. The first kappa shape index (κ1) is 22.1. The lowest BCUT2D eigenvalue weighted by atomic mass is 10.0. The van der Waals surface area contributed by atoms with E-state index in [1.54, 1.807) is 60.7 Å². The fourth-order valence-corrected chi connectivity index (χ4v) is 4.55. The van der Waals surface area contributed by atoms with Gasteiger partial charge >= 0.3 is 5.97 Å². The zero-order chi connectivity index (χ0) is 30.2. The van der Waals surface area contributed by atoms with E-state index in [9.17, 15) is 9.59 Å². The minimum atomic E-state index is -2.83. The van der Waals surface area contributed by atoms with Crippen molar-refractivity contribution in [1.29, 1.82) is 0 Å². The number of carbonyl (C=O) groups excluding carboxylic acids is 1. The number of thiophene rings is 1. The number of nitrogens with zero attached hydrogens (tertiary/aromatic N) is 2. The second kappa shape index (κ2) is 14.1. The van der Waals surface area contributed by atoms with Crippen molar-refractivity contribution in [3.8, 4) is 16.9 Å². The third kappa shape index (κ3) is 7.76. The predicted octanol–water partition coefficient (Wildman–Crippen LogP) is 6.72. The summed E-state index contributed by atoms with van der Waals surface area (Å²) >= 11 is 1.48. The van der Waals surface area contributed by atoms with Crippen molar-refractivity contribution in [3.05, 3.63) is 107 Å². The fraction of sp³-hybridized carbons (Fsp3) is 0.258. The molecule has 2 aromatic heterocycles. The van der Waals surface area contributed by atoms with Gasteiger partial charge in [-0.2, -0.15) is 11.3 Å². The molecule has 7 heteroatoms. The van der Waals surface area contributed by atoms with Gasteiger partial charge in [-0.15, -0.1) is 0 Å². The third-order valence-corrected chi connectivity index (χ3v) is 6.50. The highest BCUT2D eigenvalue weighted by Crippen LogP contribution is 2.28. The molecule has 0 fully saturated rings. The Hall–Kier alpha value is -3.97. The van der Waals surface area contributed by atoms with Crippen LogP contribution in [0.1, 0.15) is 52.8 Å². The summed E-state index contributed by atoms with van der Waals surface area (Å²) in [4.78, 5) is 30.1. The Morgan fingerprint density at radius 1 is 0.974 bits per heavy atom. The topological polar surface area (TPSA) is 79.7 Å². The Balaban J connectivity index is 1.69. The van der Waals surface area contributed by atoms with E-state index in [0.29, 0.717) is 42.7 Å². The monoisotopic (exact) mass is 532 g/mol. The normalized spacial score (nSPS) is 13.1. The Morgan fingerprint density at radius 3 is 2.58 bits per heavy atom. The zero-order valence-corrected chi connectivity index (χ0v) is 21.7. The maximum Gasteiger partial charge on any atom is 0.303 e. The molecule has 4 rings (SSSR count). The highest BCUT2D eigenvalue weighted by atomic mass is 32.1. The van der Waals surface area contributed by atoms with E-state index in [2.05, 4.69) is 4.98 Å². The number of carboxylic acid groups (broad SMARTS) is 1. The Kier molecular flexibility index (Phi) is 8.18. The van der Waals surface area contributed by atoms with Crippen LogP contribution in [0.4, 0.5) is 0 Å². The first-order chi connectivity index (χ1) is 20.1. The van der Waals surface area contributed by atoms with Gasteiger partial charge in [-0.3, -0.25) is 14.6 Å². The van der Waals surface area contributed by atoms with Crippen molar-refractivity contribution in [1.82, 2.24) is 9.88 Å². The summed E-state index contributed by atoms with van der Waals surface area (Å²) in [5.41, 5.74) is 2.04. The number of amides is 1. The van der Waals surface area contributed by atoms with Crippen LogP contribution in [0.5, 0.6) is 5.75 Å². The molecule has 2 aromatic carbocycles. The molecule has 196 valence electrons. The summed E-state index contributed by atoms with van der Waals surface area (Å²) in [6.07, 6.45) is 0.650. The van der Waals surface area contributed by atoms with Gasteiger partial charge in [0, 0.05) is 54.3 Å². The number of pyridine rings is 1. The average Bonchev–Trinajstić information content (AvgIpc) is 3.53. The van der Waals surface area contributed by atoms with Gasteiger partial charge in [0.1, 0.15) is 5.75 Å². The van der Waals surface area contributed by atoms with Gasteiger partial charge in [0.15, 0.2) is 0 Å². The summed E-state index contributed by atoms with van der Waals surface area (Å²) in [6.45, 7) is -2.79. The second-order valence-corrected chi connectivity index (χ2v) is 9.34. The number of benzene rings is 2. The van der Waals surface area contributed by atoms with Crippen LogP contribution in [0.2, 0.25) is 0 Å². The van der Waals surface area contributed by atoms with Gasteiger partial charge < -0.3 is 14.7 Å². The lowest BCUT2D eigenvalue weighted by Crippen LogP contribution is -2.33. The lowest BCUT2D eigenvalue weighted by molar-refractivity contribution is -0.137. The smallest absolute Gasteiger partial charge is 0.303 e. The third-order valence-electron chi connectivity index (χ3n) is 5.81. The molecule has 0 aliphatic carbocycles. The number of ether oxygens (including phenoxy) is 1. The van der Waals surface area contributed by atoms with Crippen LogP contribution in [0.3, 0.4) is 0 Å². The SMILES string of the molecule is [2H]C([2H])(c1ccccn1)C([2H])([2H])N(Cc1ccccc1OCCCCCC(=O)O)C(=O)c1ccccc1-c1ccsc1. The number of aromatic nitrogens is 1. The number of hydrogen-bond acceptors (Lipinski definition) is 5. The average molecular weight is 533 g/mol. The molecule has 0 aliphatic rings. The van der Waals surface area contributed by atoms with Gasteiger partial charge in [-0.25, -0.2) is 0 Å². The minimum absolute atomic E-state index is 0.0911. The molecule has 0 radical (unpaired) electrons. The van der Waals surface area contributed by atoms with Crippen molar-refractivity contribution in [2.24, 2.45) is 0 Å². The van der Waals surface area contributed by atoms with E-state index < -0.39 is 24.7 Å². The molecule has 6 nitrogen and oxygen atoms in total. The van der Waals surface area contributed by atoms with Gasteiger partial charge in [0.25, 0.3) is 5.91 Å². The van der Waals surface area contributed by atoms with Gasteiger partial charge in [0.2, 0.25) is 0 Å². The van der Waals surface area contributed by atoms with E-state index in [4.69, 9.17) is 15.3 Å². The predicted molar refractivity (Wildman–Crippen MR) is 150 cm³/mol. The van der Waals surface area contributed by atoms with Crippen molar-refractivity contribution >= 4 is 23.2 Å².